The van der Waals surface area contributed by atoms with E-state index in [1.54, 1.807) is 0 Å². The van der Waals surface area contributed by atoms with Crippen molar-refractivity contribution in [1.82, 2.24) is 15.1 Å². The molecular formula is C17H33N3O. The Kier molecular flexibility index (Phi) is 6.34. The number of urea groups is 1. The normalized spacial score (nSPS) is 30.2. The van der Waals surface area contributed by atoms with Gasteiger partial charge in [0.15, 0.2) is 0 Å². The Balaban J connectivity index is 1.78. The molecule has 122 valence electrons. The monoisotopic (exact) mass is 295 g/mol. The van der Waals surface area contributed by atoms with Crippen LogP contribution in [-0.2, 0) is 0 Å². The summed E-state index contributed by atoms with van der Waals surface area (Å²) in [5.74, 6) is 0.657. The van der Waals surface area contributed by atoms with Crippen LogP contribution in [0.25, 0.3) is 0 Å². The molecule has 0 aromatic rings. The fourth-order valence-electron chi connectivity index (χ4n) is 3.76. The Morgan fingerprint density at radius 3 is 2.57 bits per heavy atom. The smallest absolute Gasteiger partial charge is 0.319 e. The number of likely N-dealkylation sites (tertiary alicyclic amines) is 1. The second-order valence-electron chi connectivity index (χ2n) is 7.05. The van der Waals surface area contributed by atoms with Gasteiger partial charge in [0.25, 0.3) is 0 Å². The highest BCUT2D eigenvalue weighted by Gasteiger charge is 2.30. The van der Waals surface area contributed by atoms with E-state index in [1.165, 1.54) is 25.7 Å². The van der Waals surface area contributed by atoms with Crippen LogP contribution in [0.15, 0.2) is 0 Å². The summed E-state index contributed by atoms with van der Waals surface area (Å²) in [6, 6.07) is 1.36. The van der Waals surface area contributed by atoms with E-state index in [4.69, 9.17) is 0 Å². The maximum Gasteiger partial charge on any atom is 0.319 e. The molecule has 1 saturated carbocycles. The molecule has 2 fully saturated rings. The van der Waals surface area contributed by atoms with Gasteiger partial charge in [-0.1, -0.05) is 13.8 Å². The van der Waals surface area contributed by atoms with Crippen LogP contribution in [0.2, 0.25) is 0 Å². The number of rotatable bonds is 4. The maximum atomic E-state index is 12.6. The SMILES string of the molecule is CCCNC1CCC(N(C)C(=O)N2CCCC(C)C2)CC1. The number of hydrogen-bond acceptors (Lipinski definition) is 2. The number of carbonyl (C=O) groups excluding carboxylic acids is 1. The third-order valence-corrected chi connectivity index (χ3v) is 5.16. The molecule has 1 aliphatic heterocycles. The molecule has 1 atom stereocenters. The van der Waals surface area contributed by atoms with Crippen molar-refractivity contribution in [2.45, 2.75) is 70.9 Å². The first-order chi connectivity index (χ1) is 10.1. The summed E-state index contributed by atoms with van der Waals surface area (Å²) in [5.41, 5.74) is 0. The number of nitrogens with one attached hydrogen (secondary N) is 1. The summed E-state index contributed by atoms with van der Waals surface area (Å²) >= 11 is 0. The zero-order valence-electron chi connectivity index (χ0n) is 14.1. The van der Waals surface area contributed by atoms with Gasteiger partial charge in [0.2, 0.25) is 0 Å². The standard InChI is InChI=1S/C17H33N3O/c1-4-11-18-15-7-9-16(10-8-15)19(3)17(21)20-12-5-6-14(2)13-20/h14-16,18H,4-13H2,1-3H3. The number of piperidine rings is 1. The van der Waals surface area contributed by atoms with Crippen LogP contribution in [-0.4, -0.2) is 54.6 Å². The van der Waals surface area contributed by atoms with Gasteiger partial charge in [-0.05, 0) is 57.4 Å². The number of nitrogens with zero attached hydrogens (tertiary/aromatic N) is 2. The van der Waals surface area contributed by atoms with E-state index in [9.17, 15) is 4.79 Å². The topological polar surface area (TPSA) is 35.6 Å². The molecule has 1 saturated heterocycles. The van der Waals surface area contributed by atoms with Crippen molar-refractivity contribution >= 4 is 6.03 Å². The lowest BCUT2D eigenvalue weighted by atomic mass is 9.90. The Morgan fingerprint density at radius 2 is 1.95 bits per heavy atom. The predicted molar refractivity (Wildman–Crippen MR) is 87.5 cm³/mol. The number of amides is 2. The summed E-state index contributed by atoms with van der Waals surface area (Å²) in [6.07, 6.45) is 8.33. The summed E-state index contributed by atoms with van der Waals surface area (Å²) in [5, 5.41) is 3.62. The molecule has 0 aromatic carbocycles. The van der Waals surface area contributed by atoms with Gasteiger partial charge in [0.1, 0.15) is 0 Å². The molecule has 21 heavy (non-hydrogen) atoms. The van der Waals surface area contributed by atoms with Gasteiger partial charge in [-0.3, -0.25) is 0 Å². The molecule has 1 heterocycles. The highest BCUT2D eigenvalue weighted by Crippen LogP contribution is 2.24. The van der Waals surface area contributed by atoms with E-state index >= 15 is 0 Å². The summed E-state index contributed by atoms with van der Waals surface area (Å²) < 4.78 is 0. The van der Waals surface area contributed by atoms with E-state index in [0.29, 0.717) is 18.0 Å². The predicted octanol–water partition coefficient (Wildman–Crippen LogP) is 3.08. The average Bonchev–Trinajstić information content (AvgIpc) is 2.52. The first kappa shape index (κ1) is 16.6. The van der Waals surface area contributed by atoms with Gasteiger partial charge in [-0.2, -0.15) is 0 Å². The van der Waals surface area contributed by atoms with Crippen molar-refractivity contribution in [3.8, 4) is 0 Å². The van der Waals surface area contributed by atoms with Gasteiger partial charge in [0, 0.05) is 32.2 Å². The van der Waals surface area contributed by atoms with Gasteiger partial charge < -0.3 is 15.1 Å². The molecule has 1 N–H and O–H groups in total. The fourth-order valence-corrected chi connectivity index (χ4v) is 3.76. The Bertz CT molecular complexity index is 326. The lowest BCUT2D eigenvalue weighted by Crippen LogP contribution is -2.50. The molecule has 1 aliphatic carbocycles. The molecule has 2 rings (SSSR count). The highest BCUT2D eigenvalue weighted by atomic mass is 16.2. The van der Waals surface area contributed by atoms with Crippen LogP contribution < -0.4 is 5.32 Å². The maximum absolute atomic E-state index is 12.6. The summed E-state index contributed by atoms with van der Waals surface area (Å²) in [7, 11) is 2.01. The minimum absolute atomic E-state index is 0.256. The lowest BCUT2D eigenvalue weighted by Gasteiger charge is -2.39. The summed E-state index contributed by atoms with van der Waals surface area (Å²) in [6.45, 7) is 7.47. The average molecular weight is 295 g/mol. The first-order valence-corrected chi connectivity index (χ1v) is 8.87. The van der Waals surface area contributed by atoms with Crippen LogP contribution in [0.3, 0.4) is 0 Å². The Hall–Kier alpha value is -0.770. The molecule has 0 radical (unpaired) electrons. The molecule has 2 aliphatic rings. The van der Waals surface area contributed by atoms with Crippen molar-refractivity contribution in [3.05, 3.63) is 0 Å². The fraction of sp³-hybridized carbons (Fsp3) is 0.941. The largest absolute Gasteiger partial charge is 0.325 e. The number of carbonyl (C=O) groups is 1. The van der Waals surface area contributed by atoms with E-state index in [2.05, 4.69) is 24.1 Å². The highest BCUT2D eigenvalue weighted by molar-refractivity contribution is 5.74. The molecule has 0 spiro atoms. The van der Waals surface area contributed by atoms with E-state index in [1.807, 2.05) is 11.9 Å². The Morgan fingerprint density at radius 1 is 1.24 bits per heavy atom. The van der Waals surface area contributed by atoms with E-state index < -0.39 is 0 Å². The number of hydrogen-bond donors (Lipinski definition) is 1. The molecule has 2 amide bonds. The first-order valence-electron chi connectivity index (χ1n) is 8.87. The van der Waals surface area contributed by atoms with Crippen molar-refractivity contribution < 1.29 is 4.79 Å². The molecule has 0 aromatic heterocycles. The second kappa shape index (κ2) is 8.02. The minimum Gasteiger partial charge on any atom is -0.325 e. The quantitative estimate of drug-likeness (QED) is 0.865. The van der Waals surface area contributed by atoms with Crippen LogP contribution in [0.4, 0.5) is 4.79 Å². The van der Waals surface area contributed by atoms with Gasteiger partial charge >= 0.3 is 6.03 Å². The van der Waals surface area contributed by atoms with E-state index in [-0.39, 0.29) is 6.03 Å². The second-order valence-corrected chi connectivity index (χ2v) is 7.05. The third kappa shape index (κ3) is 4.60. The van der Waals surface area contributed by atoms with Crippen molar-refractivity contribution in [3.63, 3.8) is 0 Å². The Labute approximate surface area is 130 Å². The zero-order valence-corrected chi connectivity index (χ0v) is 14.1. The lowest BCUT2D eigenvalue weighted by molar-refractivity contribution is 0.113. The molecule has 4 nitrogen and oxygen atoms in total. The van der Waals surface area contributed by atoms with Gasteiger partial charge in [0.05, 0.1) is 0 Å². The molecule has 4 heteroatoms. The molecule has 0 bridgehead atoms. The molecule has 1 unspecified atom stereocenters. The van der Waals surface area contributed by atoms with Gasteiger partial charge in [-0.15, -0.1) is 0 Å². The summed E-state index contributed by atoms with van der Waals surface area (Å²) in [4.78, 5) is 16.7. The minimum atomic E-state index is 0.256. The third-order valence-electron chi connectivity index (χ3n) is 5.16. The van der Waals surface area contributed by atoms with Crippen molar-refractivity contribution in [2.75, 3.05) is 26.7 Å². The zero-order chi connectivity index (χ0) is 15.2. The van der Waals surface area contributed by atoms with Crippen LogP contribution in [0.1, 0.15) is 58.8 Å². The molecular weight excluding hydrogens is 262 g/mol. The van der Waals surface area contributed by atoms with Gasteiger partial charge in [-0.25, -0.2) is 4.79 Å². The van der Waals surface area contributed by atoms with Crippen LogP contribution >= 0.6 is 0 Å². The van der Waals surface area contributed by atoms with Crippen LogP contribution in [0.5, 0.6) is 0 Å². The van der Waals surface area contributed by atoms with Crippen molar-refractivity contribution in [2.24, 2.45) is 5.92 Å². The van der Waals surface area contributed by atoms with Crippen LogP contribution in [0, 0.1) is 5.92 Å². The van der Waals surface area contributed by atoms with Crippen molar-refractivity contribution in [1.29, 1.82) is 0 Å². The van der Waals surface area contributed by atoms with E-state index in [0.717, 1.165) is 38.9 Å².